The van der Waals surface area contributed by atoms with Crippen LogP contribution in [0.3, 0.4) is 0 Å². The van der Waals surface area contributed by atoms with E-state index in [1.807, 2.05) is 6.92 Å². The molecule has 1 unspecified atom stereocenters. The topological polar surface area (TPSA) is 62.1 Å². The third kappa shape index (κ3) is 4.01. The zero-order valence-electron chi connectivity index (χ0n) is 15.5. The van der Waals surface area contributed by atoms with Gasteiger partial charge in [-0.15, -0.1) is 0 Å². The maximum absolute atomic E-state index is 14.1. The molecule has 4 rings (SSSR count). The molecular formula is C19H18F4N6. The van der Waals surface area contributed by atoms with Gasteiger partial charge < -0.3 is 9.88 Å². The molecule has 0 radical (unpaired) electrons. The number of hydrogen-bond acceptors (Lipinski definition) is 4. The van der Waals surface area contributed by atoms with Crippen LogP contribution in [0.5, 0.6) is 0 Å². The van der Waals surface area contributed by atoms with E-state index in [1.54, 1.807) is 24.7 Å². The molecule has 0 fully saturated rings. The predicted molar refractivity (Wildman–Crippen MR) is 97.5 cm³/mol. The van der Waals surface area contributed by atoms with Gasteiger partial charge in [0.05, 0.1) is 23.9 Å². The molecule has 29 heavy (non-hydrogen) atoms. The van der Waals surface area contributed by atoms with Gasteiger partial charge in [0.2, 0.25) is 0 Å². The molecule has 10 heteroatoms. The molecule has 1 aromatic carbocycles. The average molecular weight is 406 g/mol. The minimum atomic E-state index is -4.39. The Balaban J connectivity index is 1.58. The molecule has 6 nitrogen and oxygen atoms in total. The van der Waals surface area contributed by atoms with Gasteiger partial charge in [-0.2, -0.15) is 22.7 Å². The van der Waals surface area contributed by atoms with Gasteiger partial charge in [-0.3, -0.25) is 4.68 Å². The summed E-state index contributed by atoms with van der Waals surface area (Å²) in [5.74, 6) is 0.468. The largest absolute Gasteiger partial charge is 0.416 e. The van der Waals surface area contributed by atoms with Crippen LogP contribution in [0, 0.1) is 0 Å². The Morgan fingerprint density at radius 2 is 2.07 bits per heavy atom. The number of hydrogen-bond donors (Lipinski definition) is 1. The fraction of sp³-hybridized carbons (Fsp3) is 0.316. The van der Waals surface area contributed by atoms with Crippen LogP contribution in [0.4, 0.5) is 17.6 Å². The van der Waals surface area contributed by atoms with Crippen LogP contribution in [0.1, 0.15) is 24.5 Å². The Morgan fingerprint density at radius 3 is 2.83 bits per heavy atom. The third-order valence-electron chi connectivity index (χ3n) is 4.50. The Kier molecular flexibility index (Phi) is 4.85. The summed E-state index contributed by atoms with van der Waals surface area (Å²) < 4.78 is 54.2. The average Bonchev–Trinajstić information content (AvgIpc) is 3.28. The zero-order chi connectivity index (χ0) is 20.6. The van der Waals surface area contributed by atoms with Crippen LogP contribution in [0.2, 0.25) is 0 Å². The van der Waals surface area contributed by atoms with Crippen molar-refractivity contribution in [1.29, 1.82) is 0 Å². The van der Waals surface area contributed by atoms with Crippen LogP contribution >= 0.6 is 0 Å². The summed E-state index contributed by atoms with van der Waals surface area (Å²) in [6.07, 6.45) is -0.207. The SMILES string of the molecule is CCCN1C=c2[nH]c(-c3cnn(Cc4cccc(C(F)(F)F)c4)c3)nc2=NC1F. The molecule has 0 saturated heterocycles. The van der Waals surface area contributed by atoms with E-state index in [2.05, 4.69) is 20.1 Å². The molecule has 1 aliphatic heterocycles. The first-order valence-electron chi connectivity index (χ1n) is 9.08. The number of alkyl halides is 4. The van der Waals surface area contributed by atoms with E-state index in [-0.39, 0.29) is 12.0 Å². The van der Waals surface area contributed by atoms with Crippen molar-refractivity contribution in [3.8, 4) is 11.4 Å². The number of benzene rings is 1. The Morgan fingerprint density at radius 1 is 1.24 bits per heavy atom. The fourth-order valence-electron chi connectivity index (χ4n) is 3.14. The number of nitrogens with one attached hydrogen (secondary N) is 1. The Labute approximate surface area is 163 Å². The van der Waals surface area contributed by atoms with Crippen molar-refractivity contribution in [3.63, 3.8) is 0 Å². The third-order valence-corrected chi connectivity index (χ3v) is 4.50. The minimum Gasteiger partial charge on any atom is -0.335 e. The quantitative estimate of drug-likeness (QED) is 0.524. The van der Waals surface area contributed by atoms with Crippen molar-refractivity contribution in [2.75, 3.05) is 6.54 Å². The summed E-state index contributed by atoms with van der Waals surface area (Å²) in [6.45, 7) is 2.66. The van der Waals surface area contributed by atoms with Crippen molar-refractivity contribution in [3.05, 3.63) is 58.6 Å². The van der Waals surface area contributed by atoms with E-state index in [0.29, 0.717) is 28.8 Å². The lowest BCUT2D eigenvalue weighted by Crippen LogP contribution is -2.40. The molecular weight excluding hydrogens is 388 g/mol. The first-order chi connectivity index (χ1) is 13.8. The van der Waals surface area contributed by atoms with Crippen LogP contribution < -0.4 is 10.8 Å². The number of fused-ring (bicyclic) bond motifs is 1. The van der Waals surface area contributed by atoms with Crippen LogP contribution in [0.15, 0.2) is 41.7 Å². The van der Waals surface area contributed by atoms with Crippen LogP contribution in [-0.4, -0.2) is 37.6 Å². The van der Waals surface area contributed by atoms with E-state index in [0.717, 1.165) is 18.6 Å². The lowest BCUT2D eigenvalue weighted by atomic mass is 10.1. The summed E-state index contributed by atoms with van der Waals surface area (Å²) in [5, 5.41) is 4.80. The number of nitrogens with zero attached hydrogens (tertiary/aromatic N) is 5. The number of rotatable bonds is 5. The Bertz CT molecular complexity index is 1130. The highest BCUT2D eigenvalue weighted by Gasteiger charge is 2.30. The monoisotopic (exact) mass is 406 g/mol. The Hall–Kier alpha value is -3.17. The zero-order valence-corrected chi connectivity index (χ0v) is 15.5. The number of imidazole rings is 1. The molecule has 3 aromatic rings. The fourth-order valence-corrected chi connectivity index (χ4v) is 3.14. The van der Waals surface area contributed by atoms with Gasteiger partial charge in [0.1, 0.15) is 11.2 Å². The summed E-state index contributed by atoms with van der Waals surface area (Å²) in [7, 11) is 0. The predicted octanol–water partition coefficient (Wildman–Crippen LogP) is 2.68. The van der Waals surface area contributed by atoms with Gasteiger partial charge in [0.25, 0.3) is 6.42 Å². The maximum Gasteiger partial charge on any atom is 0.416 e. The van der Waals surface area contributed by atoms with Gasteiger partial charge in [0, 0.05) is 18.9 Å². The molecule has 0 aliphatic carbocycles. The van der Waals surface area contributed by atoms with E-state index in [9.17, 15) is 17.6 Å². The normalized spacial score (nSPS) is 16.3. The van der Waals surface area contributed by atoms with Crippen molar-refractivity contribution in [2.24, 2.45) is 4.99 Å². The second-order valence-electron chi connectivity index (χ2n) is 6.75. The summed E-state index contributed by atoms with van der Waals surface area (Å²) in [4.78, 5) is 12.8. The number of halogens is 4. The van der Waals surface area contributed by atoms with Gasteiger partial charge in [0.15, 0.2) is 5.49 Å². The van der Waals surface area contributed by atoms with E-state index in [1.165, 1.54) is 15.6 Å². The van der Waals surface area contributed by atoms with Crippen LogP contribution in [-0.2, 0) is 12.7 Å². The highest BCUT2D eigenvalue weighted by Crippen LogP contribution is 2.29. The minimum absolute atomic E-state index is 0.178. The van der Waals surface area contributed by atoms with E-state index in [4.69, 9.17) is 0 Å². The van der Waals surface area contributed by atoms with Gasteiger partial charge >= 0.3 is 6.18 Å². The smallest absolute Gasteiger partial charge is 0.335 e. The summed E-state index contributed by atoms with van der Waals surface area (Å²) in [5.41, 5.74) is 0.695. The molecule has 1 N–H and O–H groups in total. The van der Waals surface area contributed by atoms with Gasteiger partial charge in [-0.1, -0.05) is 19.1 Å². The lowest BCUT2D eigenvalue weighted by molar-refractivity contribution is -0.137. The lowest BCUT2D eigenvalue weighted by Gasteiger charge is -2.21. The van der Waals surface area contributed by atoms with Gasteiger partial charge in [-0.25, -0.2) is 9.98 Å². The van der Waals surface area contributed by atoms with Crippen molar-refractivity contribution < 1.29 is 17.6 Å². The number of H-pyrrole nitrogens is 1. The molecule has 0 bridgehead atoms. The maximum atomic E-state index is 14.1. The molecule has 0 saturated carbocycles. The molecule has 1 aliphatic rings. The molecule has 2 aromatic heterocycles. The summed E-state index contributed by atoms with van der Waals surface area (Å²) in [6, 6.07) is 5.12. The number of aromatic nitrogens is 4. The van der Waals surface area contributed by atoms with E-state index < -0.39 is 18.2 Å². The van der Waals surface area contributed by atoms with Crippen molar-refractivity contribution >= 4 is 6.20 Å². The van der Waals surface area contributed by atoms with E-state index >= 15 is 0 Å². The first-order valence-corrected chi connectivity index (χ1v) is 9.08. The highest BCUT2D eigenvalue weighted by atomic mass is 19.4. The molecule has 152 valence electrons. The van der Waals surface area contributed by atoms with Crippen LogP contribution in [0.25, 0.3) is 17.6 Å². The first kappa shape index (κ1) is 19.2. The number of aromatic amines is 1. The molecule has 1 atom stereocenters. The van der Waals surface area contributed by atoms with Gasteiger partial charge in [-0.05, 0) is 24.1 Å². The standard InChI is InChI=1S/C19H18F4N6/c1-2-6-28-11-15-17(27-18(28)20)26-16(25-15)13-8-24-29(10-13)9-12-4-3-5-14(7-12)19(21,22)23/h3-5,7-8,10-11,18H,2,6,9H2,1H3,(H,25,26,27). The second kappa shape index (κ2) is 7.34. The molecule has 0 amide bonds. The second-order valence-corrected chi connectivity index (χ2v) is 6.75. The highest BCUT2D eigenvalue weighted by molar-refractivity contribution is 5.52. The summed E-state index contributed by atoms with van der Waals surface area (Å²) >= 11 is 0. The van der Waals surface area contributed by atoms with Crippen molar-refractivity contribution in [1.82, 2.24) is 24.6 Å². The molecule has 3 heterocycles. The molecule has 0 spiro atoms. The van der Waals surface area contributed by atoms with Crippen molar-refractivity contribution in [2.45, 2.75) is 32.5 Å².